The molecule has 0 bridgehead atoms. The topological polar surface area (TPSA) is 38.3 Å². The standard InChI is InChI=1S/C14H14F3NO2/c1-20-11(14(15,16)17)8-3-2-4-10(5-8)18-12(19)13-6-9(13)7-13/h2-5,9,11H,6-7H2,1H3,(H,18,19). The summed E-state index contributed by atoms with van der Waals surface area (Å²) in [4.78, 5) is 11.9. The van der Waals surface area contributed by atoms with E-state index in [1.807, 2.05) is 0 Å². The van der Waals surface area contributed by atoms with Crippen LogP contribution in [0.4, 0.5) is 18.9 Å². The van der Waals surface area contributed by atoms with E-state index >= 15 is 0 Å². The molecule has 2 aliphatic rings. The molecule has 2 saturated carbocycles. The quantitative estimate of drug-likeness (QED) is 0.922. The van der Waals surface area contributed by atoms with Crippen molar-refractivity contribution in [1.29, 1.82) is 0 Å². The van der Waals surface area contributed by atoms with Gasteiger partial charge in [0.1, 0.15) is 0 Å². The molecule has 1 atom stereocenters. The highest BCUT2D eigenvalue weighted by atomic mass is 19.4. The van der Waals surface area contributed by atoms with Crippen LogP contribution < -0.4 is 5.32 Å². The van der Waals surface area contributed by atoms with Gasteiger partial charge in [-0.1, -0.05) is 12.1 Å². The Balaban J connectivity index is 1.76. The number of carbonyl (C=O) groups excluding carboxylic acids is 1. The molecule has 0 aliphatic heterocycles. The van der Waals surface area contributed by atoms with Crippen LogP contribution in [0.25, 0.3) is 0 Å². The van der Waals surface area contributed by atoms with Crippen molar-refractivity contribution in [3.8, 4) is 0 Å². The lowest BCUT2D eigenvalue weighted by Gasteiger charge is -2.19. The maximum Gasteiger partial charge on any atom is 0.418 e. The number of anilines is 1. The summed E-state index contributed by atoms with van der Waals surface area (Å²) in [6.07, 6.45) is -4.65. The van der Waals surface area contributed by atoms with E-state index in [9.17, 15) is 18.0 Å². The number of hydrogen-bond donors (Lipinski definition) is 1. The third-order valence-electron chi connectivity index (χ3n) is 4.11. The second kappa shape index (κ2) is 4.22. The highest BCUT2D eigenvalue weighted by molar-refractivity contribution is 6.00. The van der Waals surface area contributed by atoms with Crippen molar-refractivity contribution in [3.05, 3.63) is 29.8 Å². The molecule has 0 radical (unpaired) electrons. The van der Waals surface area contributed by atoms with Gasteiger partial charge in [-0.05, 0) is 36.5 Å². The fourth-order valence-corrected chi connectivity index (χ4v) is 2.57. The number of halogens is 3. The van der Waals surface area contributed by atoms with E-state index in [0.717, 1.165) is 20.0 Å². The molecule has 1 amide bonds. The Hall–Kier alpha value is -1.56. The van der Waals surface area contributed by atoms with Crippen LogP contribution >= 0.6 is 0 Å². The summed E-state index contributed by atoms with van der Waals surface area (Å²) in [6.45, 7) is 0. The molecule has 0 heterocycles. The Labute approximate surface area is 114 Å². The average Bonchev–Trinajstić information content (AvgIpc) is 3.16. The Bertz CT molecular complexity index is 550. The molecule has 1 N–H and O–H groups in total. The third kappa shape index (κ3) is 2.18. The van der Waals surface area contributed by atoms with Crippen LogP contribution in [0.1, 0.15) is 24.5 Å². The Morgan fingerprint density at radius 1 is 1.45 bits per heavy atom. The van der Waals surface area contributed by atoms with E-state index in [4.69, 9.17) is 0 Å². The highest BCUT2D eigenvalue weighted by Gasteiger charge is 2.74. The second-order valence-electron chi connectivity index (χ2n) is 5.50. The molecule has 0 spiro atoms. The SMILES string of the molecule is COC(c1cccc(NC(=O)C23CC2C3)c1)C(F)(F)F. The number of fused-ring (bicyclic) bond motifs is 1. The highest BCUT2D eigenvalue weighted by Crippen LogP contribution is 2.75. The first kappa shape index (κ1) is 13.4. The van der Waals surface area contributed by atoms with Crippen molar-refractivity contribution in [3.63, 3.8) is 0 Å². The Morgan fingerprint density at radius 3 is 2.60 bits per heavy atom. The number of amides is 1. The Morgan fingerprint density at radius 2 is 2.10 bits per heavy atom. The van der Waals surface area contributed by atoms with Gasteiger partial charge in [0.2, 0.25) is 5.91 Å². The molecular weight excluding hydrogens is 271 g/mol. The van der Waals surface area contributed by atoms with Gasteiger partial charge in [-0.15, -0.1) is 0 Å². The molecule has 3 nitrogen and oxygen atoms in total. The fraction of sp³-hybridized carbons (Fsp3) is 0.500. The molecule has 6 heteroatoms. The van der Waals surface area contributed by atoms with Crippen molar-refractivity contribution in [2.75, 3.05) is 12.4 Å². The van der Waals surface area contributed by atoms with E-state index < -0.39 is 12.3 Å². The molecule has 20 heavy (non-hydrogen) atoms. The van der Waals surface area contributed by atoms with Crippen molar-refractivity contribution >= 4 is 11.6 Å². The van der Waals surface area contributed by atoms with Gasteiger partial charge in [-0.2, -0.15) is 13.2 Å². The average molecular weight is 285 g/mol. The number of rotatable bonds is 4. The van der Waals surface area contributed by atoms with Crippen molar-refractivity contribution in [2.45, 2.75) is 25.1 Å². The summed E-state index contributed by atoms with van der Waals surface area (Å²) < 4.78 is 42.9. The van der Waals surface area contributed by atoms with Gasteiger partial charge in [0.15, 0.2) is 6.10 Å². The molecule has 1 aromatic carbocycles. The maximum absolute atomic E-state index is 12.8. The first-order valence-corrected chi connectivity index (χ1v) is 6.38. The second-order valence-corrected chi connectivity index (χ2v) is 5.50. The van der Waals surface area contributed by atoms with Gasteiger partial charge in [-0.25, -0.2) is 0 Å². The van der Waals surface area contributed by atoms with Crippen molar-refractivity contribution in [2.24, 2.45) is 11.3 Å². The predicted molar refractivity (Wildman–Crippen MR) is 66.0 cm³/mol. The number of alkyl halides is 3. The Kier molecular flexibility index (Phi) is 2.83. The van der Waals surface area contributed by atoms with Crippen LogP contribution in [0.3, 0.4) is 0 Å². The number of carbonyl (C=O) groups is 1. The summed E-state index contributed by atoms with van der Waals surface area (Å²) in [7, 11) is 1.02. The number of methoxy groups -OCH3 is 1. The summed E-state index contributed by atoms with van der Waals surface area (Å²) in [6, 6.07) is 5.72. The molecule has 2 fully saturated rings. The van der Waals surface area contributed by atoms with E-state index in [1.165, 1.54) is 18.2 Å². The summed E-state index contributed by atoms with van der Waals surface area (Å²) in [5.74, 6) is 0.410. The van der Waals surface area contributed by atoms with Gasteiger partial charge in [0, 0.05) is 12.8 Å². The summed E-state index contributed by atoms with van der Waals surface area (Å²) >= 11 is 0. The lowest BCUT2D eigenvalue weighted by Crippen LogP contribution is -2.23. The van der Waals surface area contributed by atoms with E-state index in [1.54, 1.807) is 6.07 Å². The van der Waals surface area contributed by atoms with Gasteiger partial charge in [0.05, 0.1) is 5.41 Å². The van der Waals surface area contributed by atoms with E-state index in [2.05, 4.69) is 10.1 Å². The zero-order chi connectivity index (χ0) is 14.5. The largest absolute Gasteiger partial charge is 0.418 e. The molecular formula is C14H14F3NO2. The van der Waals surface area contributed by atoms with Crippen molar-refractivity contribution < 1.29 is 22.7 Å². The minimum absolute atomic E-state index is 0.0153. The van der Waals surface area contributed by atoms with Gasteiger partial charge in [-0.3, -0.25) is 4.79 Å². The number of hydrogen-bond acceptors (Lipinski definition) is 2. The van der Waals surface area contributed by atoms with E-state index in [0.29, 0.717) is 11.6 Å². The van der Waals surface area contributed by atoms with Crippen molar-refractivity contribution in [1.82, 2.24) is 0 Å². The number of nitrogens with one attached hydrogen (secondary N) is 1. The zero-order valence-corrected chi connectivity index (χ0v) is 10.8. The molecule has 3 rings (SSSR count). The summed E-state index contributed by atoms with van der Waals surface area (Å²) in [5.41, 5.74) is 0.157. The smallest absolute Gasteiger partial charge is 0.367 e. The first-order chi connectivity index (χ1) is 9.37. The van der Waals surface area contributed by atoms with Crippen LogP contribution in [0, 0.1) is 11.3 Å². The number of benzene rings is 1. The molecule has 0 aromatic heterocycles. The predicted octanol–water partition coefficient (Wildman–Crippen LogP) is 3.28. The third-order valence-corrected chi connectivity index (χ3v) is 4.11. The van der Waals surface area contributed by atoms with Crippen LogP contribution in [-0.2, 0) is 9.53 Å². The van der Waals surface area contributed by atoms with Gasteiger partial charge < -0.3 is 10.1 Å². The van der Waals surface area contributed by atoms with Crippen LogP contribution in [0.15, 0.2) is 24.3 Å². The lowest BCUT2D eigenvalue weighted by molar-refractivity contribution is -0.215. The van der Waals surface area contributed by atoms with Crippen LogP contribution in [0.2, 0.25) is 0 Å². The molecule has 1 aromatic rings. The minimum Gasteiger partial charge on any atom is -0.367 e. The lowest BCUT2D eigenvalue weighted by atomic mass is 10.1. The zero-order valence-electron chi connectivity index (χ0n) is 10.8. The number of ether oxygens (including phenoxy) is 1. The van der Waals surface area contributed by atoms with Crippen LogP contribution in [-0.4, -0.2) is 19.2 Å². The minimum atomic E-state index is -4.48. The molecule has 0 saturated heterocycles. The molecule has 2 aliphatic carbocycles. The molecule has 1 unspecified atom stereocenters. The van der Waals surface area contributed by atoms with E-state index in [-0.39, 0.29) is 16.9 Å². The van der Waals surface area contributed by atoms with Crippen LogP contribution in [0.5, 0.6) is 0 Å². The van der Waals surface area contributed by atoms with Gasteiger partial charge >= 0.3 is 6.18 Å². The monoisotopic (exact) mass is 285 g/mol. The first-order valence-electron chi connectivity index (χ1n) is 6.38. The van der Waals surface area contributed by atoms with Gasteiger partial charge in [0.25, 0.3) is 0 Å². The normalized spacial score (nSPS) is 28.5. The molecule has 108 valence electrons. The maximum atomic E-state index is 12.8. The fourth-order valence-electron chi connectivity index (χ4n) is 2.57. The summed E-state index contributed by atoms with van der Waals surface area (Å²) in [5, 5.41) is 2.69.